The van der Waals surface area contributed by atoms with Crippen molar-refractivity contribution in [3.63, 3.8) is 0 Å². The second-order valence-corrected chi connectivity index (χ2v) is 8.31. The lowest BCUT2D eigenvalue weighted by atomic mass is 9.97. The molecule has 31 heavy (non-hydrogen) atoms. The summed E-state index contributed by atoms with van der Waals surface area (Å²) in [5.41, 5.74) is 2.36. The molecule has 1 unspecified atom stereocenters. The number of rotatable bonds is 5. The molecule has 6 nitrogen and oxygen atoms in total. The summed E-state index contributed by atoms with van der Waals surface area (Å²) in [6.07, 6.45) is 1.71. The highest BCUT2D eigenvalue weighted by molar-refractivity contribution is 6.35. The third kappa shape index (κ3) is 5.27. The Morgan fingerprint density at radius 3 is 2.45 bits per heavy atom. The number of aromatic nitrogens is 2. The highest BCUT2D eigenvalue weighted by Crippen LogP contribution is 2.27. The number of hydrogen-bond acceptors (Lipinski definition) is 5. The first-order chi connectivity index (χ1) is 15.0. The first kappa shape index (κ1) is 21.4. The molecule has 1 amide bonds. The average molecular weight is 457 g/mol. The maximum absolute atomic E-state index is 12.8. The van der Waals surface area contributed by atoms with Crippen molar-refractivity contribution in [1.82, 2.24) is 10.2 Å². The van der Waals surface area contributed by atoms with Crippen LogP contribution in [0.3, 0.4) is 0 Å². The molecule has 1 saturated heterocycles. The summed E-state index contributed by atoms with van der Waals surface area (Å²) < 4.78 is 5.19. The Morgan fingerprint density at radius 2 is 1.81 bits per heavy atom. The molecule has 1 aliphatic heterocycles. The second kappa shape index (κ2) is 9.54. The van der Waals surface area contributed by atoms with Crippen LogP contribution in [-0.4, -0.2) is 36.3 Å². The van der Waals surface area contributed by atoms with Crippen molar-refractivity contribution in [2.75, 3.05) is 30.4 Å². The van der Waals surface area contributed by atoms with Gasteiger partial charge in [-0.05, 0) is 67.4 Å². The van der Waals surface area contributed by atoms with Crippen molar-refractivity contribution >= 4 is 40.6 Å². The van der Waals surface area contributed by atoms with Crippen LogP contribution in [0, 0.1) is 5.92 Å². The van der Waals surface area contributed by atoms with Gasteiger partial charge < -0.3 is 15.0 Å². The maximum Gasteiger partial charge on any atom is 0.229 e. The van der Waals surface area contributed by atoms with Crippen LogP contribution < -0.4 is 15.0 Å². The molecule has 0 bridgehead atoms. The number of ether oxygens (including phenoxy) is 1. The summed E-state index contributed by atoms with van der Waals surface area (Å²) in [5, 5.41) is 12.7. The first-order valence-electron chi connectivity index (χ1n) is 10.0. The van der Waals surface area contributed by atoms with E-state index >= 15 is 0 Å². The van der Waals surface area contributed by atoms with E-state index in [1.807, 2.05) is 36.4 Å². The molecule has 160 valence electrons. The maximum atomic E-state index is 12.8. The van der Waals surface area contributed by atoms with Gasteiger partial charge in [-0.2, -0.15) is 0 Å². The van der Waals surface area contributed by atoms with E-state index in [4.69, 9.17) is 27.9 Å². The minimum Gasteiger partial charge on any atom is -0.497 e. The Kier molecular flexibility index (Phi) is 6.59. The molecule has 0 aliphatic carbocycles. The van der Waals surface area contributed by atoms with Crippen LogP contribution in [0.4, 0.5) is 11.5 Å². The summed E-state index contributed by atoms with van der Waals surface area (Å²) in [5.74, 6) is 1.35. The zero-order chi connectivity index (χ0) is 21.8. The number of hydrogen-bond donors (Lipinski definition) is 1. The number of halogens is 2. The molecule has 3 aromatic rings. The van der Waals surface area contributed by atoms with Crippen molar-refractivity contribution in [2.45, 2.75) is 12.8 Å². The van der Waals surface area contributed by atoms with Gasteiger partial charge in [0.15, 0.2) is 5.82 Å². The van der Waals surface area contributed by atoms with Crippen LogP contribution in [0.1, 0.15) is 12.8 Å². The Bertz CT molecular complexity index is 1040. The van der Waals surface area contributed by atoms with Crippen molar-refractivity contribution in [1.29, 1.82) is 0 Å². The van der Waals surface area contributed by atoms with E-state index in [1.54, 1.807) is 25.3 Å². The van der Waals surface area contributed by atoms with Crippen molar-refractivity contribution < 1.29 is 9.53 Å². The molecular formula is C23H22Cl2N4O2. The Morgan fingerprint density at radius 1 is 1.06 bits per heavy atom. The van der Waals surface area contributed by atoms with Gasteiger partial charge in [-0.25, -0.2) is 0 Å². The van der Waals surface area contributed by atoms with E-state index in [0.29, 0.717) is 22.3 Å². The topological polar surface area (TPSA) is 67.3 Å². The van der Waals surface area contributed by atoms with E-state index in [-0.39, 0.29) is 11.8 Å². The number of nitrogens with zero attached hydrogens (tertiary/aromatic N) is 3. The second-order valence-electron chi connectivity index (χ2n) is 7.44. The minimum absolute atomic E-state index is 0.0501. The molecule has 1 atom stereocenters. The molecule has 0 saturated carbocycles. The molecule has 1 fully saturated rings. The molecule has 0 radical (unpaired) electrons. The molecule has 1 aliphatic rings. The lowest BCUT2D eigenvalue weighted by Gasteiger charge is -2.32. The largest absolute Gasteiger partial charge is 0.497 e. The van der Waals surface area contributed by atoms with Crippen LogP contribution in [0.25, 0.3) is 11.3 Å². The quantitative estimate of drug-likeness (QED) is 0.562. The Labute approximate surface area is 191 Å². The number of piperidine rings is 1. The molecule has 1 aromatic heterocycles. The summed E-state index contributed by atoms with van der Waals surface area (Å²) >= 11 is 12.1. The van der Waals surface area contributed by atoms with Crippen molar-refractivity contribution in [3.8, 4) is 17.0 Å². The molecule has 4 rings (SSSR count). The highest BCUT2D eigenvalue weighted by Gasteiger charge is 2.27. The fourth-order valence-corrected chi connectivity index (χ4v) is 4.21. The molecule has 1 N–H and O–H groups in total. The summed E-state index contributed by atoms with van der Waals surface area (Å²) in [7, 11) is 1.64. The standard InChI is InChI=1S/C23H22Cl2N4O2/c1-31-20-6-4-15(5-7-20)21-8-9-22(28-27-21)29-10-2-3-16(14-29)23(30)26-19-12-17(24)11-18(25)13-19/h4-9,11-13,16H,2-3,10,14H2,1H3,(H,26,30). The van der Waals surface area contributed by atoms with Crippen LogP contribution >= 0.6 is 23.2 Å². The fraction of sp³-hybridized carbons (Fsp3) is 0.261. The van der Waals surface area contributed by atoms with Crippen molar-refractivity contribution in [3.05, 3.63) is 64.6 Å². The Balaban J connectivity index is 1.42. The number of anilines is 2. The number of benzene rings is 2. The lowest BCUT2D eigenvalue weighted by molar-refractivity contribution is -0.120. The average Bonchev–Trinajstić information content (AvgIpc) is 2.79. The van der Waals surface area contributed by atoms with Gasteiger partial charge in [0.1, 0.15) is 5.75 Å². The van der Waals surface area contributed by atoms with Gasteiger partial charge in [-0.1, -0.05) is 23.2 Å². The predicted octanol–water partition coefficient (Wildman–Crippen LogP) is 5.31. The van der Waals surface area contributed by atoms with Gasteiger partial charge in [0.25, 0.3) is 0 Å². The van der Waals surface area contributed by atoms with Crippen LogP contribution in [-0.2, 0) is 4.79 Å². The third-order valence-corrected chi connectivity index (χ3v) is 5.72. The number of nitrogens with one attached hydrogen (secondary N) is 1. The van der Waals surface area contributed by atoms with E-state index in [2.05, 4.69) is 20.4 Å². The number of methoxy groups -OCH3 is 1. The zero-order valence-electron chi connectivity index (χ0n) is 17.0. The molecule has 2 heterocycles. The van der Waals surface area contributed by atoms with Gasteiger partial charge in [0.05, 0.1) is 18.7 Å². The fourth-order valence-electron chi connectivity index (χ4n) is 3.68. The van der Waals surface area contributed by atoms with Gasteiger partial charge in [-0.15, -0.1) is 10.2 Å². The Hall–Kier alpha value is -2.83. The lowest BCUT2D eigenvalue weighted by Crippen LogP contribution is -2.41. The molecule has 8 heteroatoms. The van der Waals surface area contributed by atoms with E-state index in [0.717, 1.165) is 42.2 Å². The highest BCUT2D eigenvalue weighted by atomic mass is 35.5. The summed E-state index contributed by atoms with van der Waals surface area (Å²) in [6.45, 7) is 1.42. The van der Waals surface area contributed by atoms with Crippen LogP contribution in [0.15, 0.2) is 54.6 Å². The zero-order valence-corrected chi connectivity index (χ0v) is 18.5. The van der Waals surface area contributed by atoms with Gasteiger partial charge in [0.2, 0.25) is 5.91 Å². The van der Waals surface area contributed by atoms with Gasteiger partial charge in [0, 0.05) is 34.4 Å². The van der Waals surface area contributed by atoms with Crippen LogP contribution in [0.2, 0.25) is 10.0 Å². The van der Waals surface area contributed by atoms with E-state index in [1.165, 1.54) is 0 Å². The third-order valence-electron chi connectivity index (χ3n) is 5.28. The van der Waals surface area contributed by atoms with Gasteiger partial charge >= 0.3 is 0 Å². The summed E-state index contributed by atoms with van der Waals surface area (Å²) in [6, 6.07) is 16.6. The van der Waals surface area contributed by atoms with E-state index in [9.17, 15) is 4.79 Å². The first-order valence-corrected chi connectivity index (χ1v) is 10.8. The SMILES string of the molecule is COc1ccc(-c2ccc(N3CCCC(C(=O)Nc4cc(Cl)cc(Cl)c4)C3)nn2)cc1. The number of carbonyl (C=O) groups is 1. The smallest absolute Gasteiger partial charge is 0.229 e. The van der Waals surface area contributed by atoms with Crippen molar-refractivity contribution in [2.24, 2.45) is 5.92 Å². The minimum atomic E-state index is -0.158. The normalized spacial score (nSPS) is 16.1. The number of amides is 1. The molecule has 0 spiro atoms. The predicted molar refractivity (Wildman–Crippen MR) is 124 cm³/mol. The van der Waals surface area contributed by atoms with Crippen LogP contribution in [0.5, 0.6) is 5.75 Å². The van der Waals surface area contributed by atoms with Gasteiger partial charge in [-0.3, -0.25) is 4.79 Å². The number of carbonyl (C=O) groups excluding carboxylic acids is 1. The monoisotopic (exact) mass is 456 g/mol. The molecule has 2 aromatic carbocycles. The summed E-state index contributed by atoms with van der Waals surface area (Å²) in [4.78, 5) is 14.9. The van der Waals surface area contributed by atoms with E-state index < -0.39 is 0 Å². The molecular weight excluding hydrogens is 435 g/mol.